The van der Waals surface area contributed by atoms with Crippen molar-refractivity contribution in [2.45, 2.75) is 39.0 Å². The number of hydrogen-bond acceptors (Lipinski definition) is 3. The molecular weight excluding hydrogens is 290 g/mol. The molecule has 2 rings (SSSR count). The molecule has 5 nitrogen and oxygen atoms in total. The number of piperidine rings is 1. The minimum atomic E-state index is -0.0799. The van der Waals surface area contributed by atoms with Crippen LogP contribution in [0.3, 0.4) is 0 Å². The van der Waals surface area contributed by atoms with E-state index < -0.39 is 0 Å². The van der Waals surface area contributed by atoms with E-state index in [0.29, 0.717) is 17.8 Å². The van der Waals surface area contributed by atoms with Crippen molar-refractivity contribution in [3.05, 3.63) is 29.8 Å². The summed E-state index contributed by atoms with van der Waals surface area (Å²) in [6, 6.07) is 7.21. The average molecular weight is 317 g/mol. The molecule has 5 heteroatoms. The first-order valence-electron chi connectivity index (χ1n) is 8.60. The summed E-state index contributed by atoms with van der Waals surface area (Å²) >= 11 is 0. The van der Waals surface area contributed by atoms with Crippen LogP contribution in [0.5, 0.6) is 0 Å². The topological polar surface area (TPSA) is 61.4 Å². The molecule has 126 valence electrons. The van der Waals surface area contributed by atoms with Gasteiger partial charge >= 0.3 is 0 Å². The van der Waals surface area contributed by atoms with Crippen molar-refractivity contribution < 1.29 is 9.59 Å². The molecule has 1 saturated heterocycles. The third kappa shape index (κ3) is 5.67. The smallest absolute Gasteiger partial charge is 0.253 e. The fourth-order valence-corrected chi connectivity index (χ4v) is 2.72. The Bertz CT molecular complexity index is 525. The van der Waals surface area contributed by atoms with Crippen LogP contribution in [-0.2, 0) is 4.79 Å². The molecule has 1 aromatic carbocycles. The maximum Gasteiger partial charge on any atom is 0.253 e. The Morgan fingerprint density at radius 1 is 1.17 bits per heavy atom. The van der Waals surface area contributed by atoms with Gasteiger partial charge in [0.2, 0.25) is 5.91 Å². The first kappa shape index (κ1) is 17.5. The number of nitrogens with one attached hydrogen (secondary N) is 2. The monoisotopic (exact) mass is 317 g/mol. The number of amides is 2. The number of rotatable bonds is 7. The molecule has 23 heavy (non-hydrogen) atoms. The van der Waals surface area contributed by atoms with Gasteiger partial charge in [-0.3, -0.25) is 9.59 Å². The SMILES string of the molecule is CCCCNCC(=O)Nc1cccc(C(=O)N2CCCCC2)c1. The molecule has 1 fully saturated rings. The van der Waals surface area contributed by atoms with Gasteiger partial charge < -0.3 is 15.5 Å². The van der Waals surface area contributed by atoms with Gasteiger partial charge in [-0.25, -0.2) is 0 Å². The van der Waals surface area contributed by atoms with Crippen LogP contribution in [0.1, 0.15) is 49.4 Å². The lowest BCUT2D eigenvalue weighted by Gasteiger charge is -2.26. The summed E-state index contributed by atoms with van der Waals surface area (Å²) in [6.45, 7) is 4.92. The van der Waals surface area contributed by atoms with Gasteiger partial charge in [-0.1, -0.05) is 19.4 Å². The second kappa shape index (κ2) is 9.30. The zero-order chi connectivity index (χ0) is 16.5. The second-order valence-corrected chi connectivity index (χ2v) is 6.01. The number of likely N-dealkylation sites (tertiary alicyclic amines) is 1. The van der Waals surface area contributed by atoms with Crippen molar-refractivity contribution in [3.8, 4) is 0 Å². The van der Waals surface area contributed by atoms with Crippen molar-refractivity contribution in [1.29, 1.82) is 0 Å². The molecule has 0 spiro atoms. The van der Waals surface area contributed by atoms with Crippen molar-refractivity contribution >= 4 is 17.5 Å². The fourth-order valence-electron chi connectivity index (χ4n) is 2.72. The summed E-state index contributed by atoms with van der Waals surface area (Å²) in [7, 11) is 0. The van der Waals surface area contributed by atoms with Crippen LogP contribution in [0.25, 0.3) is 0 Å². The lowest BCUT2D eigenvalue weighted by molar-refractivity contribution is -0.115. The van der Waals surface area contributed by atoms with E-state index in [9.17, 15) is 9.59 Å². The fraction of sp³-hybridized carbons (Fsp3) is 0.556. The Labute approximate surface area is 138 Å². The van der Waals surface area contributed by atoms with Gasteiger partial charge in [-0.15, -0.1) is 0 Å². The number of hydrogen-bond donors (Lipinski definition) is 2. The minimum absolute atomic E-state index is 0.0573. The van der Waals surface area contributed by atoms with Crippen LogP contribution in [0, 0.1) is 0 Å². The molecule has 0 atom stereocenters. The molecule has 0 aliphatic carbocycles. The molecule has 0 bridgehead atoms. The van der Waals surface area contributed by atoms with Crippen LogP contribution in [0.15, 0.2) is 24.3 Å². The van der Waals surface area contributed by atoms with E-state index in [0.717, 1.165) is 45.3 Å². The molecule has 1 heterocycles. The van der Waals surface area contributed by atoms with Crippen molar-refractivity contribution in [2.24, 2.45) is 0 Å². The van der Waals surface area contributed by atoms with Crippen molar-refractivity contribution in [3.63, 3.8) is 0 Å². The number of carbonyl (C=O) groups excluding carboxylic acids is 2. The third-order valence-electron chi connectivity index (χ3n) is 4.03. The van der Waals surface area contributed by atoms with Gasteiger partial charge in [0, 0.05) is 24.3 Å². The zero-order valence-corrected chi connectivity index (χ0v) is 13.9. The van der Waals surface area contributed by atoms with Gasteiger partial charge in [-0.2, -0.15) is 0 Å². The molecule has 1 aliphatic heterocycles. The zero-order valence-electron chi connectivity index (χ0n) is 13.9. The van der Waals surface area contributed by atoms with Crippen molar-refractivity contribution in [1.82, 2.24) is 10.2 Å². The molecular formula is C18H27N3O2. The van der Waals surface area contributed by atoms with E-state index in [1.54, 1.807) is 6.07 Å². The highest BCUT2D eigenvalue weighted by Gasteiger charge is 2.18. The summed E-state index contributed by atoms with van der Waals surface area (Å²) in [6.07, 6.45) is 5.52. The number of nitrogens with zero attached hydrogens (tertiary/aromatic N) is 1. The Morgan fingerprint density at radius 2 is 1.96 bits per heavy atom. The van der Waals surface area contributed by atoms with E-state index in [-0.39, 0.29) is 11.8 Å². The molecule has 0 saturated carbocycles. The van der Waals surface area contributed by atoms with E-state index in [1.165, 1.54) is 6.42 Å². The summed E-state index contributed by atoms with van der Waals surface area (Å²) in [4.78, 5) is 26.3. The number of benzene rings is 1. The molecule has 0 radical (unpaired) electrons. The molecule has 0 aromatic heterocycles. The largest absolute Gasteiger partial charge is 0.339 e. The maximum atomic E-state index is 12.5. The second-order valence-electron chi connectivity index (χ2n) is 6.01. The molecule has 2 N–H and O–H groups in total. The quantitative estimate of drug-likeness (QED) is 0.760. The van der Waals surface area contributed by atoms with Crippen LogP contribution < -0.4 is 10.6 Å². The normalized spacial score (nSPS) is 14.6. The molecule has 0 unspecified atom stereocenters. The Kier molecular flexibility index (Phi) is 7.07. The Balaban J connectivity index is 1.88. The van der Waals surface area contributed by atoms with Crippen LogP contribution in [0.2, 0.25) is 0 Å². The standard InChI is InChI=1S/C18H27N3O2/c1-2-3-10-19-14-17(22)20-16-9-7-8-15(13-16)18(23)21-11-5-4-6-12-21/h7-9,13,19H,2-6,10-12,14H2,1H3,(H,20,22). The number of unbranched alkanes of at least 4 members (excludes halogenated alkanes) is 1. The number of carbonyl (C=O) groups is 2. The lowest BCUT2D eigenvalue weighted by Crippen LogP contribution is -2.35. The van der Waals surface area contributed by atoms with Crippen LogP contribution in [0.4, 0.5) is 5.69 Å². The summed E-state index contributed by atoms with van der Waals surface area (Å²) < 4.78 is 0. The first-order chi connectivity index (χ1) is 11.2. The van der Waals surface area contributed by atoms with Gasteiger partial charge in [0.25, 0.3) is 5.91 Å². The third-order valence-corrected chi connectivity index (χ3v) is 4.03. The predicted octanol–water partition coefficient (Wildman–Crippen LogP) is 2.64. The van der Waals surface area contributed by atoms with E-state index >= 15 is 0 Å². The summed E-state index contributed by atoms with van der Waals surface area (Å²) in [5.41, 5.74) is 1.32. The first-order valence-corrected chi connectivity index (χ1v) is 8.60. The number of anilines is 1. The van der Waals surface area contributed by atoms with Crippen LogP contribution in [-0.4, -0.2) is 42.9 Å². The Morgan fingerprint density at radius 3 is 2.70 bits per heavy atom. The van der Waals surface area contributed by atoms with Crippen molar-refractivity contribution in [2.75, 3.05) is 31.5 Å². The van der Waals surface area contributed by atoms with E-state index in [4.69, 9.17) is 0 Å². The van der Waals surface area contributed by atoms with E-state index in [2.05, 4.69) is 17.6 Å². The van der Waals surface area contributed by atoms with Gasteiger partial charge in [-0.05, 0) is 50.4 Å². The van der Waals surface area contributed by atoms with Gasteiger partial charge in [0.15, 0.2) is 0 Å². The average Bonchev–Trinajstić information content (AvgIpc) is 2.59. The lowest BCUT2D eigenvalue weighted by atomic mass is 10.1. The molecule has 2 amide bonds. The molecule has 1 aromatic rings. The van der Waals surface area contributed by atoms with Crippen LogP contribution >= 0.6 is 0 Å². The Hall–Kier alpha value is -1.88. The highest BCUT2D eigenvalue weighted by molar-refractivity contribution is 5.97. The van der Waals surface area contributed by atoms with E-state index in [1.807, 2.05) is 23.1 Å². The molecule has 1 aliphatic rings. The highest BCUT2D eigenvalue weighted by atomic mass is 16.2. The maximum absolute atomic E-state index is 12.5. The van der Waals surface area contributed by atoms with Gasteiger partial charge in [0.05, 0.1) is 6.54 Å². The summed E-state index contributed by atoms with van der Waals surface area (Å²) in [5, 5.41) is 5.95. The predicted molar refractivity (Wildman–Crippen MR) is 92.6 cm³/mol. The minimum Gasteiger partial charge on any atom is -0.339 e. The highest BCUT2D eigenvalue weighted by Crippen LogP contribution is 2.16. The summed E-state index contributed by atoms with van der Waals surface area (Å²) in [5.74, 6) is -0.0226. The van der Waals surface area contributed by atoms with Gasteiger partial charge in [0.1, 0.15) is 0 Å².